The van der Waals surface area contributed by atoms with Crippen molar-refractivity contribution < 1.29 is 0 Å². The monoisotopic (exact) mass is 295 g/mol. The van der Waals surface area contributed by atoms with E-state index in [0.29, 0.717) is 0 Å². The molecule has 0 saturated carbocycles. The van der Waals surface area contributed by atoms with Gasteiger partial charge in [0.05, 0.1) is 6.20 Å². The van der Waals surface area contributed by atoms with Gasteiger partial charge in [0.25, 0.3) is 0 Å². The summed E-state index contributed by atoms with van der Waals surface area (Å²) in [6.07, 6.45) is 2.01. The molecule has 112 valence electrons. The molecule has 0 atom stereocenters. The van der Waals surface area contributed by atoms with Crippen LogP contribution in [0.25, 0.3) is 0 Å². The number of rotatable bonds is 4. The second-order valence-corrected chi connectivity index (χ2v) is 5.56. The quantitative estimate of drug-likeness (QED) is 0.845. The first kappa shape index (κ1) is 15.3. The summed E-state index contributed by atoms with van der Waals surface area (Å²) in [4.78, 5) is 4.74. The Bertz CT molecular complexity index is 448. The highest BCUT2D eigenvalue weighted by atomic mass is 32.1. The van der Waals surface area contributed by atoms with Crippen molar-refractivity contribution in [3.8, 4) is 0 Å². The van der Waals surface area contributed by atoms with Gasteiger partial charge in [-0.1, -0.05) is 0 Å². The van der Waals surface area contributed by atoms with Crippen LogP contribution in [-0.2, 0) is 13.1 Å². The van der Waals surface area contributed by atoms with Crippen molar-refractivity contribution in [3.63, 3.8) is 0 Å². The maximum Gasteiger partial charge on any atom is 0.169 e. The number of aryl methyl sites for hydroxylation is 1. The largest absolute Gasteiger partial charge is 0.363 e. The first-order valence-corrected chi connectivity index (χ1v) is 7.83. The van der Waals surface area contributed by atoms with Crippen molar-refractivity contribution in [1.82, 2.24) is 24.9 Å². The smallest absolute Gasteiger partial charge is 0.169 e. The highest BCUT2D eigenvalue weighted by Gasteiger charge is 2.19. The Kier molecular flexibility index (Phi) is 5.37. The van der Waals surface area contributed by atoms with E-state index in [9.17, 15) is 0 Å². The molecule has 1 aromatic heterocycles. The molecular weight excluding hydrogens is 270 g/mol. The van der Waals surface area contributed by atoms with Gasteiger partial charge >= 0.3 is 0 Å². The minimum Gasteiger partial charge on any atom is -0.363 e. The van der Waals surface area contributed by atoms with Crippen LogP contribution in [-0.4, -0.2) is 57.4 Å². The molecule has 1 aromatic rings. The molecule has 0 radical (unpaired) electrons. The Hall–Kier alpha value is -1.14. The van der Waals surface area contributed by atoms with Crippen molar-refractivity contribution in [2.75, 3.05) is 32.7 Å². The zero-order valence-corrected chi connectivity index (χ0v) is 13.5. The van der Waals surface area contributed by atoms with E-state index >= 15 is 0 Å². The van der Waals surface area contributed by atoms with Gasteiger partial charge in [0, 0.05) is 57.1 Å². The van der Waals surface area contributed by atoms with Gasteiger partial charge in [-0.3, -0.25) is 9.58 Å². The van der Waals surface area contributed by atoms with Gasteiger partial charge in [-0.05, 0) is 33.0 Å². The Morgan fingerprint density at radius 2 is 2.00 bits per heavy atom. The second-order valence-electron chi connectivity index (χ2n) is 5.17. The Labute approximate surface area is 126 Å². The minimum atomic E-state index is 0.891. The molecule has 0 bridgehead atoms. The fraction of sp³-hybridized carbons (Fsp3) is 0.714. The SMILES string of the molecule is CCNC(=S)N1CCN(Cc2cnn(CC)c2C)CC1. The summed E-state index contributed by atoms with van der Waals surface area (Å²) < 4.78 is 2.06. The lowest BCUT2D eigenvalue weighted by Crippen LogP contribution is -2.51. The van der Waals surface area contributed by atoms with E-state index in [1.807, 2.05) is 6.20 Å². The molecule has 1 aliphatic rings. The number of nitrogens with one attached hydrogen (secondary N) is 1. The van der Waals surface area contributed by atoms with E-state index in [0.717, 1.165) is 50.9 Å². The fourth-order valence-corrected chi connectivity index (χ4v) is 2.90. The molecule has 0 aliphatic carbocycles. The van der Waals surface area contributed by atoms with Gasteiger partial charge in [-0.15, -0.1) is 0 Å². The maximum absolute atomic E-state index is 5.36. The summed E-state index contributed by atoms with van der Waals surface area (Å²) in [6, 6.07) is 0. The summed E-state index contributed by atoms with van der Waals surface area (Å²) in [5.41, 5.74) is 2.63. The molecule has 1 aliphatic heterocycles. The minimum absolute atomic E-state index is 0.891. The third kappa shape index (κ3) is 3.49. The molecule has 2 heterocycles. The molecule has 2 rings (SSSR count). The Morgan fingerprint density at radius 3 is 2.55 bits per heavy atom. The summed E-state index contributed by atoms with van der Waals surface area (Å²) in [5, 5.41) is 8.53. The molecule has 6 heteroatoms. The molecule has 5 nitrogen and oxygen atoms in total. The van der Waals surface area contributed by atoms with Crippen LogP contribution in [0, 0.1) is 6.92 Å². The normalized spacial score (nSPS) is 16.4. The number of hydrogen-bond donors (Lipinski definition) is 1. The van der Waals surface area contributed by atoms with Crippen LogP contribution in [0.3, 0.4) is 0 Å². The average Bonchev–Trinajstić information content (AvgIpc) is 2.80. The van der Waals surface area contributed by atoms with Crippen molar-refractivity contribution in [3.05, 3.63) is 17.5 Å². The summed E-state index contributed by atoms with van der Waals surface area (Å²) in [5.74, 6) is 0. The van der Waals surface area contributed by atoms with Crippen LogP contribution in [0.2, 0.25) is 0 Å². The molecule has 0 amide bonds. The van der Waals surface area contributed by atoms with Gasteiger partial charge in [-0.25, -0.2) is 0 Å². The van der Waals surface area contributed by atoms with Crippen LogP contribution in [0.1, 0.15) is 25.1 Å². The highest BCUT2D eigenvalue weighted by molar-refractivity contribution is 7.80. The molecule has 1 saturated heterocycles. The summed E-state index contributed by atoms with van der Waals surface area (Å²) >= 11 is 5.36. The van der Waals surface area contributed by atoms with Gasteiger partial charge in [-0.2, -0.15) is 5.10 Å². The number of aromatic nitrogens is 2. The van der Waals surface area contributed by atoms with Crippen LogP contribution in [0.4, 0.5) is 0 Å². The predicted octanol–water partition coefficient (Wildman–Crippen LogP) is 1.22. The van der Waals surface area contributed by atoms with E-state index < -0.39 is 0 Å². The standard InChI is InChI=1S/C14H25N5S/c1-4-15-14(20)18-8-6-17(7-9-18)11-13-10-16-19(5-2)12(13)3/h10H,4-9,11H2,1-3H3,(H,15,20). The second kappa shape index (κ2) is 7.04. The van der Waals surface area contributed by atoms with Crippen molar-refractivity contribution >= 4 is 17.3 Å². The predicted molar refractivity (Wildman–Crippen MR) is 85.8 cm³/mol. The lowest BCUT2D eigenvalue weighted by atomic mass is 10.2. The summed E-state index contributed by atoms with van der Waals surface area (Å²) in [6.45, 7) is 13.3. The van der Waals surface area contributed by atoms with E-state index in [-0.39, 0.29) is 0 Å². The van der Waals surface area contributed by atoms with Crippen LogP contribution >= 0.6 is 12.2 Å². The Morgan fingerprint density at radius 1 is 1.30 bits per heavy atom. The summed E-state index contributed by atoms with van der Waals surface area (Å²) in [7, 11) is 0. The molecule has 1 N–H and O–H groups in total. The molecule has 0 spiro atoms. The van der Waals surface area contributed by atoms with Gasteiger partial charge in [0.1, 0.15) is 0 Å². The third-order valence-corrected chi connectivity index (χ3v) is 4.29. The van der Waals surface area contributed by atoms with Crippen molar-refractivity contribution in [1.29, 1.82) is 0 Å². The van der Waals surface area contributed by atoms with E-state index in [2.05, 4.69) is 45.7 Å². The number of hydrogen-bond acceptors (Lipinski definition) is 3. The molecule has 1 fully saturated rings. The van der Waals surface area contributed by atoms with E-state index in [4.69, 9.17) is 12.2 Å². The number of piperazine rings is 1. The number of nitrogens with zero attached hydrogens (tertiary/aromatic N) is 4. The van der Waals surface area contributed by atoms with E-state index in [1.165, 1.54) is 11.3 Å². The maximum atomic E-state index is 5.36. The van der Waals surface area contributed by atoms with Gasteiger partial charge in [0.15, 0.2) is 5.11 Å². The highest BCUT2D eigenvalue weighted by Crippen LogP contribution is 2.12. The Balaban J connectivity index is 1.85. The topological polar surface area (TPSA) is 36.3 Å². The zero-order chi connectivity index (χ0) is 14.5. The van der Waals surface area contributed by atoms with Crippen molar-refractivity contribution in [2.24, 2.45) is 0 Å². The van der Waals surface area contributed by atoms with Gasteiger partial charge < -0.3 is 10.2 Å². The van der Waals surface area contributed by atoms with Crippen LogP contribution in [0.5, 0.6) is 0 Å². The van der Waals surface area contributed by atoms with Gasteiger partial charge in [0.2, 0.25) is 0 Å². The molecular formula is C14H25N5S. The van der Waals surface area contributed by atoms with Crippen LogP contribution in [0.15, 0.2) is 6.20 Å². The van der Waals surface area contributed by atoms with Crippen molar-refractivity contribution in [2.45, 2.75) is 33.9 Å². The third-order valence-electron chi connectivity index (χ3n) is 3.89. The fourth-order valence-electron chi connectivity index (χ4n) is 2.57. The lowest BCUT2D eigenvalue weighted by molar-refractivity contribution is 0.174. The molecule has 20 heavy (non-hydrogen) atoms. The lowest BCUT2D eigenvalue weighted by Gasteiger charge is -2.36. The number of thiocarbonyl (C=S) groups is 1. The average molecular weight is 295 g/mol. The molecule has 0 unspecified atom stereocenters. The first-order chi connectivity index (χ1) is 9.65. The molecule has 0 aromatic carbocycles. The van der Waals surface area contributed by atoms with E-state index in [1.54, 1.807) is 0 Å². The zero-order valence-electron chi connectivity index (χ0n) is 12.7. The van der Waals surface area contributed by atoms with Crippen LogP contribution < -0.4 is 5.32 Å². The first-order valence-electron chi connectivity index (χ1n) is 7.42.